The molecule has 0 bridgehead atoms. The van der Waals surface area contributed by atoms with Crippen molar-refractivity contribution in [2.45, 2.75) is 45.8 Å². The molecule has 104 valence electrons. The van der Waals surface area contributed by atoms with E-state index in [-0.39, 0.29) is 6.29 Å². The number of hydrogen-bond acceptors (Lipinski definition) is 3. The number of rotatable bonds is 4. The van der Waals surface area contributed by atoms with Crippen LogP contribution in [0.1, 0.15) is 39.5 Å². The van der Waals surface area contributed by atoms with E-state index in [2.05, 4.69) is 13.8 Å². The normalized spacial score (nSPS) is 22.9. The van der Waals surface area contributed by atoms with Gasteiger partial charge >= 0.3 is 0 Å². The van der Waals surface area contributed by atoms with E-state index in [9.17, 15) is 4.79 Å². The maximum Gasteiger partial charge on any atom is 0.222 e. The molecule has 2 rings (SSSR count). The van der Waals surface area contributed by atoms with Gasteiger partial charge in [-0.25, -0.2) is 0 Å². The van der Waals surface area contributed by atoms with Gasteiger partial charge in [-0.3, -0.25) is 4.79 Å². The van der Waals surface area contributed by atoms with E-state index in [1.54, 1.807) is 0 Å². The van der Waals surface area contributed by atoms with Gasteiger partial charge in [0.05, 0.1) is 13.2 Å². The molecule has 4 nitrogen and oxygen atoms in total. The molecule has 0 aromatic rings. The number of piperidine rings is 1. The average Bonchev–Trinajstić information content (AvgIpc) is 2.90. The highest BCUT2D eigenvalue weighted by atomic mass is 16.7. The lowest BCUT2D eigenvalue weighted by Gasteiger charge is -2.34. The second-order valence-corrected chi connectivity index (χ2v) is 5.76. The summed E-state index contributed by atoms with van der Waals surface area (Å²) >= 11 is 0. The Morgan fingerprint density at radius 3 is 2.39 bits per heavy atom. The van der Waals surface area contributed by atoms with Crippen molar-refractivity contribution in [3.8, 4) is 0 Å². The van der Waals surface area contributed by atoms with Gasteiger partial charge in [0.15, 0.2) is 6.29 Å². The first-order valence-electron chi connectivity index (χ1n) is 7.18. The largest absolute Gasteiger partial charge is 0.350 e. The van der Waals surface area contributed by atoms with Crippen molar-refractivity contribution in [2.75, 3.05) is 26.3 Å². The van der Waals surface area contributed by atoms with Crippen LogP contribution in [0.15, 0.2) is 0 Å². The fraction of sp³-hybridized carbons (Fsp3) is 0.929. The molecule has 2 fully saturated rings. The molecule has 0 aromatic heterocycles. The van der Waals surface area contributed by atoms with Crippen LogP contribution < -0.4 is 0 Å². The zero-order valence-corrected chi connectivity index (χ0v) is 11.6. The summed E-state index contributed by atoms with van der Waals surface area (Å²) in [6, 6.07) is 0. The first-order valence-corrected chi connectivity index (χ1v) is 7.18. The molecular formula is C14H25NO3. The van der Waals surface area contributed by atoms with Crippen LogP contribution in [0.5, 0.6) is 0 Å². The number of ether oxygens (including phenoxy) is 2. The van der Waals surface area contributed by atoms with Crippen LogP contribution in [0, 0.1) is 11.8 Å². The van der Waals surface area contributed by atoms with Gasteiger partial charge in [0.25, 0.3) is 0 Å². The number of carbonyl (C=O) groups excluding carboxylic acids is 1. The molecule has 0 spiro atoms. The molecule has 0 unspecified atom stereocenters. The molecule has 4 heteroatoms. The Morgan fingerprint density at radius 1 is 1.22 bits per heavy atom. The monoisotopic (exact) mass is 255 g/mol. The number of hydrogen-bond donors (Lipinski definition) is 0. The minimum absolute atomic E-state index is 0.0158. The zero-order valence-electron chi connectivity index (χ0n) is 11.6. The standard InChI is InChI=1S/C14H25NO3/c1-11(2)3-4-13(16)15-7-5-12(6-8-15)14-17-9-10-18-14/h11-12,14H,3-10H2,1-2H3. The summed E-state index contributed by atoms with van der Waals surface area (Å²) in [6.45, 7) is 7.49. The van der Waals surface area contributed by atoms with Crippen LogP contribution in [-0.4, -0.2) is 43.4 Å². The molecule has 0 saturated carbocycles. The molecular weight excluding hydrogens is 230 g/mol. The van der Waals surface area contributed by atoms with E-state index in [0.29, 0.717) is 24.2 Å². The molecule has 2 heterocycles. The third-order valence-corrected chi connectivity index (χ3v) is 3.86. The van der Waals surface area contributed by atoms with Crippen molar-refractivity contribution < 1.29 is 14.3 Å². The Balaban J connectivity index is 1.70. The van der Waals surface area contributed by atoms with Gasteiger partial charge in [-0.15, -0.1) is 0 Å². The van der Waals surface area contributed by atoms with Gasteiger partial charge in [-0.05, 0) is 25.2 Å². The highest BCUT2D eigenvalue weighted by molar-refractivity contribution is 5.76. The summed E-state index contributed by atoms with van der Waals surface area (Å²) in [5.41, 5.74) is 0. The van der Waals surface area contributed by atoms with Gasteiger partial charge in [-0.1, -0.05) is 13.8 Å². The van der Waals surface area contributed by atoms with E-state index >= 15 is 0 Å². The highest BCUT2D eigenvalue weighted by Crippen LogP contribution is 2.26. The van der Waals surface area contributed by atoms with Crippen molar-refractivity contribution in [3.05, 3.63) is 0 Å². The topological polar surface area (TPSA) is 38.8 Å². The predicted octanol–water partition coefficient (Wildman–Crippen LogP) is 2.03. The highest BCUT2D eigenvalue weighted by Gasteiger charge is 2.31. The lowest BCUT2D eigenvalue weighted by Crippen LogP contribution is -2.41. The lowest BCUT2D eigenvalue weighted by molar-refractivity contribution is -0.137. The van der Waals surface area contributed by atoms with Crippen LogP contribution >= 0.6 is 0 Å². The number of likely N-dealkylation sites (tertiary alicyclic amines) is 1. The first kappa shape index (κ1) is 13.8. The van der Waals surface area contributed by atoms with Crippen LogP contribution in [0.2, 0.25) is 0 Å². The molecule has 2 aliphatic rings. The first-order chi connectivity index (χ1) is 8.66. The third kappa shape index (κ3) is 3.69. The van der Waals surface area contributed by atoms with E-state index in [4.69, 9.17) is 9.47 Å². The van der Waals surface area contributed by atoms with Gasteiger partial charge in [0.2, 0.25) is 5.91 Å². The molecule has 0 N–H and O–H groups in total. The second-order valence-electron chi connectivity index (χ2n) is 5.76. The summed E-state index contributed by atoms with van der Waals surface area (Å²) in [4.78, 5) is 14.0. The Labute approximate surface area is 110 Å². The number of nitrogens with zero attached hydrogens (tertiary/aromatic N) is 1. The van der Waals surface area contributed by atoms with Crippen LogP contribution in [0.25, 0.3) is 0 Å². The fourth-order valence-electron chi connectivity index (χ4n) is 2.64. The van der Waals surface area contributed by atoms with Crippen LogP contribution in [0.3, 0.4) is 0 Å². The van der Waals surface area contributed by atoms with Gasteiger partial charge in [-0.2, -0.15) is 0 Å². The molecule has 1 amide bonds. The predicted molar refractivity (Wildman–Crippen MR) is 69.1 cm³/mol. The molecule has 0 aromatic carbocycles. The molecule has 18 heavy (non-hydrogen) atoms. The second kappa shape index (κ2) is 6.53. The smallest absolute Gasteiger partial charge is 0.222 e. The van der Waals surface area contributed by atoms with Crippen molar-refractivity contribution >= 4 is 5.91 Å². The van der Waals surface area contributed by atoms with Crippen molar-refractivity contribution in [3.63, 3.8) is 0 Å². The third-order valence-electron chi connectivity index (χ3n) is 3.86. The summed E-state index contributed by atoms with van der Waals surface area (Å²) < 4.78 is 11.1. The van der Waals surface area contributed by atoms with Gasteiger partial charge in [0.1, 0.15) is 0 Å². The average molecular weight is 255 g/mol. The molecule has 0 atom stereocenters. The van der Waals surface area contributed by atoms with Crippen molar-refractivity contribution in [1.29, 1.82) is 0 Å². The molecule has 2 saturated heterocycles. The van der Waals surface area contributed by atoms with E-state index in [1.165, 1.54) is 0 Å². The maximum atomic E-state index is 12.0. The Morgan fingerprint density at radius 2 is 1.83 bits per heavy atom. The minimum Gasteiger partial charge on any atom is -0.350 e. The van der Waals surface area contributed by atoms with Crippen LogP contribution in [0.4, 0.5) is 0 Å². The maximum absolute atomic E-state index is 12.0. The van der Waals surface area contributed by atoms with E-state index in [0.717, 1.165) is 45.6 Å². The van der Waals surface area contributed by atoms with E-state index in [1.807, 2.05) is 4.90 Å². The van der Waals surface area contributed by atoms with Crippen molar-refractivity contribution in [1.82, 2.24) is 4.90 Å². The Hall–Kier alpha value is -0.610. The van der Waals surface area contributed by atoms with Crippen molar-refractivity contribution in [2.24, 2.45) is 11.8 Å². The Kier molecular flexibility index (Phi) is 5.01. The molecule has 0 radical (unpaired) electrons. The summed E-state index contributed by atoms with van der Waals surface area (Å²) in [6.07, 6.45) is 3.70. The SMILES string of the molecule is CC(C)CCC(=O)N1CCC(C2OCCO2)CC1. The lowest BCUT2D eigenvalue weighted by atomic mass is 9.95. The number of amides is 1. The van der Waals surface area contributed by atoms with E-state index < -0.39 is 0 Å². The van der Waals surface area contributed by atoms with Crippen LogP contribution in [-0.2, 0) is 14.3 Å². The summed E-state index contributed by atoms with van der Waals surface area (Å²) in [5, 5.41) is 0. The summed E-state index contributed by atoms with van der Waals surface area (Å²) in [5.74, 6) is 1.39. The minimum atomic E-state index is -0.0158. The fourth-order valence-corrected chi connectivity index (χ4v) is 2.64. The molecule has 2 aliphatic heterocycles. The number of carbonyl (C=O) groups is 1. The zero-order chi connectivity index (χ0) is 13.0. The molecule has 0 aliphatic carbocycles. The van der Waals surface area contributed by atoms with Gasteiger partial charge in [0, 0.05) is 25.4 Å². The quantitative estimate of drug-likeness (QED) is 0.771. The van der Waals surface area contributed by atoms with Gasteiger partial charge < -0.3 is 14.4 Å². The Bertz CT molecular complexity index is 266. The summed E-state index contributed by atoms with van der Waals surface area (Å²) in [7, 11) is 0.